The quantitative estimate of drug-likeness (QED) is 0.441. The van der Waals surface area contributed by atoms with Gasteiger partial charge in [-0.3, -0.25) is 4.79 Å². The molecule has 176 valence electrons. The van der Waals surface area contributed by atoms with Crippen LogP contribution in [0.4, 0.5) is 0 Å². The van der Waals surface area contributed by atoms with Gasteiger partial charge in [-0.25, -0.2) is 13.2 Å². The Kier molecular flexibility index (Phi) is 8.63. The average molecular weight is 473 g/mol. The molecule has 0 aliphatic rings. The topological polar surface area (TPSA) is 125 Å². The Morgan fingerprint density at radius 2 is 1.55 bits per heavy atom. The number of sulfone groups is 1. The monoisotopic (exact) mass is 472 g/mol. The van der Waals surface area contributed by atoms with Crippen molar-refractivity contribution in [3.8, 4) is 17.6 Å². The maximum atomic E-state index is 12.5. The molecule has 0 heterocycles. The van der Waals surface area contributed by atoms with E-state index in [2.05, 4.69) is 17.2 Å². The zero-order valence-electron chi connectivity index (χ0n) is 19.0. The van der Waals surface area contributed by atoms with Crippen LogP contribution in [-0.4, -0.2) is 57.6 Å². The molecule has 1 atom stereocenters. The molecule has 2 aromatic rings. The second-order valence-electron chi connectivity index (χ2n) is 8.08. The van der Waals surface area contributed by atoms with Crippen molar-refractivity contribution in [1.29, 1.82) is 0 Å². The number of nitrogens with two attached hydrogens (primary N) is 1. The maximum Gasteiger partial charge on any atom is 0.330 e. The Bertz CT molecular complexity index is 1140. The largest absolute Gasteiger partial charge is 0.493 e. The number of esters is 1. The minimum Gasteiger partial charge on any atom is -0.493 e. The molecule has 0 unspecified atom stereocenters. The van der Waals surface area contributed by atoms with Gasteiger partial charge >= 0.3 is 5.97 Å². The summed E-state index contributed by atoms with van der Waals surface area (Å²) in [4.78, 5) is 24.5. The van der Waals surface area contributed by atoms with Gasteiger partial charge < -0.3 is 20.5 Å². The van der Waals surface area contributed by atoms with Crippen molar-refractivity contribution in [3.05, 3.63) is 65.2 Å². The Balaban J connectivity index is 2.01. The predicted octanol–water partition coefficient (Wildman–Crippen LogP) is 1.52. The second kappa shape index (κ2) is 11.0. The van der Waals surface area contributed by atoms with Crippen molar-refractivity contribution < 1.29 is 27.5 Å². The molecule has 0 radical (unpaired) electrons. The Morgan fingerprint density at radius 1 is 1.03 bits per heavy atom. The number of benzene rings is 2. The minimum absolute atomic E-state index is 0.0457. The molecule has 0 spiro atoms. The molecule has 0 saturated carbocycles. The number of amides is 1. The van der Waals surface area contributed by atoms with E-state index in [1.54, 1.807) is 62.4 Å². The average Bonchev–Trinajstić information content (AvgIpc) is 2.75. The smallest absolute Gasteiger partial charge is 0.330 e. The summed E-state index contributed by atoms with van der Waals surface area (Å²) >= 11 is 0. The molecule has 33 heavy (non-hydrogen) atoms. The lowest BCUT2D eigenvalue weighted by molar-refractivity contribution is -0.144. The molecular formula is C24H28N2O6S. The van der Waals surface area contributed by atoms with E-state index in [-0.39, 0.29) is 12.4 Å². The van der Waals surface area contributed by atoms with Gasteiger partial charge in [-0.2, -0.15) is 0 Å². The summed E-state index contributed by atoms with van der Waals surface area (Å²) in [6, 6.07) is 12.6. The highest BCUT2D eigenvalue weighted by molar-refractivity contribution is 7.90. The van der Waals surface area contributed by atoms with Crippen LogP contribution in [0.1, 0.15) is 35.3 Å². The first kappa shape index (κ1) is 25.9. The molecule has 0 aliphatic heterocycles. The highest BCUT2D eigenvalue weighted by Gasteiger charge is 2.34. The predicted molar refractivity (Wildman–Crippen MR) is 126 cm³/mol. The standard InChI is InChI=1S/C24H28N2O6S/c1-24(2,25)21(23(28)31-3)26-22(27)19-11-7-17(8-12-19)5-6-18-9-13-20(14-10-18)32-15-16-33(4,29)30/h7-14,21H,15-16,25H2,1-4H3,(H,26,27)/t21-/m1/s1. The fraction of sp³-hybridized carbons (Fsp3) is 0.333. The van der Waals surface area contributed by atoms with E-state index in [1.165, 1.54) is 7.11 Å². The van der Waals surface area contributed by atoms with Gasteiger partial charge in [-0.15, -0.1) is 0 Å². The summed E-state index contributed by atoms with van der Waals surface area (Å²) in [5, 5.41) is 2.61. The first-order chi connectivity index (χ1) is 15.4. The molecule has 0 aliphatic carbocycles. The van der Waals surface area contributed by atoms with Gasteiger partial charge in [0.2, 0.25) is 0 Å². The number of carbonyl (C=O) groups is 2. The van der Waals surface area contributed by atoms with Crippen LogP contribution in [-0.2, 0) is 19.4 Å². The van der Waals surface area contributed by atoms with Crippen LogP contribution in [0.3, 0.4) is 0 Å². The van der Waals surface area contributed by atoms with Crippen molar-refractivity contribution in [2.45, 2.75) is 25.4 Å². The van der Waals surface area contributed by atoms with Gasteiger partial charge in [0.1, 0.15) is 18.4 Å². The van der Waals surface area contributed by atoms with E-state index >= 15 is 0 Å². The molecule has 0 fully saturated rings. The van der Waals surface area contributed by atoms with Gasteiger partial charge in [0.25, 0.3) is 5.91 Å². The van der Waals surface area contributed by atoms with E-state index in [1.807, 2.05) is 0 Å². The van der Waals surface area contributed by atoms with E-state index in [9.17, 15) is 18.0 Å². The van der Waals surface area contributed by atoms with E-state index < -0.39 is 33.3 Å². The number of methoxy groups -OCH3 is 1. The molecule has 2 rings (SSSR count). The van der Waals surface area contributed by atoms with E-state index in [4.69, 9.17) is 15.2 Å². The minimum atomic E-state index is -3.07. The zero-order valence-corrected chi connectivity index (χ0v) is 19.9. The fourth-order valence-electron chi connectivity index (χ4n) is 2.68. The van der Waals surface area contributed by atoms with Crippen LogP contribution in [0.5, 0.6) is 5.75 Å². The summed E-state index contributed by atoms with van der Waals surface area (Å²) in [6.07, 6.45) is 1.16. The molecule has 3 N–H and O–H groups in total. The molecular weight excluding hydrogens is 444 g/mol. The van der Waals surface area contributed by atoms with Crippen LogP contribution >= 0.6 is 0 Å². The van der Waals surface area contributed by atoms with Crippen molar-refractivity contribution >= 4 is 21.7 Å². The van der Waals surface area contributed by atoms with Crippen molar-refractivity contribution in [2.75, 3.05) is 25.7 Å². The van der Waals surface area contributed by atoms with E-state index in [0.717, 1.165) is 11.8 Å². The van der Waals surface area contributed by atoms with Crippen LogP contribution in [0, 0.1) is 11.8 Å². The van der Waals surface area contributed by atoms with Gasteiger partial charge in [-0.05, 0) is 62.4 Å². The lowest BCUT2D eigenvalue weighted by Crippen LogP contribution is -2.59. The zero-order chi connectivity index (χ0) is 24.6. The summed E-state index contributed by atoms with van der Waals surface area (Å²) < 4.78 is 32.4. The number of hydrogen-bond acceptors (Lipinski definition) is 7. The number of rotatable bonds is 8. The third kappa shape index (κ3) is 8.60. The number of carbonyl (C=O) groups excluding carboxylic acids is 2. The molecule has 1 amide bonds. The SMILES string of the molecule is COC(=O)[C@@H](NC(=O)c1ccc(C#Cc2ccc(OCCS(C)(=O)=O)cc2)cc1)C(C)(C)N. The van der Waals surface area contributed by atoms with Gasteiger partial charge in [0.05, 0.1) is 12.9 Å². The van der Waals surface area contributed by atoms with Crippen LogP contribution in [0.15, 0.2) is 48.5 Å². The summed E-state index contributed by atoms with van der Waals surface area (Å²) in [5.74, 6) is 5.46. The van der Waals surface area contributed by atoms with Crippen molar-refractivity contribution in [3.63, 3.8) is 0 Å². The number of ether oxygens (including phenoxy) is 2. The van der Waals surface area contributed by atoms with Crippen molar-refractivity contribution in [2.24, 2.45) is 5.73 Å². The first-order valence-electron chi connectivity index (χ1n) is 10.1. The Hall–Kier alpha value is -3.35. The molecule has 2 aromatic carbocycles. The summed E-state index contributed by atoms with van der Waals surface area (Å²) in [7, 11) is -1.83. The second-order valence-corrected chi connectivity index (χ2v) is 10.3. The van der Waals surface area contributed by atoms with Gasteiger partial charge in [-0.1, -0.05) is 11.8 Å². The van der Waals surface area contributed by atoms with Gasteiger partial charge in [0.15, 0.2) is 9.84 Å². The third-order valence-electron chi connectivity index (χ3n) is 4.53. The van der Waals surface area contributed by atoms with Gasteiger partial charge in [0, 0.05) is 28.5 Å². The summed E-state index contributed by atoms with van der Waals surface area (Å²) in [6.45, 7) is 3.34. The Labute approximate surface area is 194 Å². The first-order valence-corrected chi connectivity index (χ1v) is 12.2. The molecule has 0 saturated heterocycles. The third-order valence-corrected chi connectivity index (χ3v) is 5.44. The van der Waals surface area contributed by atoms with Crippen LogP contribution < -0.4 is 15.8 Å². The molecule has 8 nitrogen and oxygen atoms in total. The van der Waals surface area contributed by atoms with Crippen LogP contribution in [0.25, 0.3) is 0 Å². The molecule has 0 bridgehead atoms. The van der Waals surface area contributed by atoms with E-state index in [0.29, 0.717) is 16.9 Å². The number of nitrogens with one attached hydrogen (secondary N) is 1. The molecule has 0 aromatic heterocycles. The van der Waals surface area contributed by atoms with Crippen molar-refractivity contribution in [1.82, 2.24) is 5.32 Å². The lowest BCUT2D eigenvalue weighted by atomic mass is 9.95. The number of hydrogen-bond donors (Lipinski definition) is 2. The summed E-state index contributed by atoms with van der Waals surface area (Å²) in [5.41, 5.74) is 6.79. The highest BCUT2D eigenvalue weighted by Crippen LogP contribution is 2.13. The highest BCUT2D eigenvalue weighted by atomic mass is 32.2. The van der Waals surface area contributed by atoms with Crippen LogP contribution in [0.2, 0.25) is 0 Å². The maximum absolute atomic E-state index is 12.5. The fourth-order valence-corrected chi connectivity index (χ4v) is 3.06. The normalized spacial score (nSPS) is 12.2. The Morgan fingerprint density at radius 3 is 2.00 bits per heavy atom. The molecule has 9 heteroatoms. The lowest BCUT2D eigenvalue weighted by Gasteiger charge is -2.28.